The molecule has 0 amide bonds. The molecule has 0 radical (unpaired) electrons. The number of halogens is 2. The first-order chi connectivity index (χ1) is 9.08. The van der Waals surface area contributed by atoms with Crippen LogP contribution in [0.2, 0.25) is 0 Å². The molecule has 0 aromatic heterocycles. The van der Waals surface area contributed by atoms with Crippen molar-refractivity contribution in [2.45, 2.75) is 18.9 Å². The topological polar surface area (TPSA) is 20.2 Å². The van der Waals surface area contributed by atoms with Crippen LogP contribution >= 0.6 is 11.6 Å². The molecule has 0 fully saturated rings. The first kappa shape index (κ1) is 14.0. The second-order valence-electron chi connectivity index (χ2n) is 4.65. The minimum absolute atomic E-state index is 0.249. The minimum atomic E-state index is -1.39. The lowest BCUT2D eigenvalue weighted by Crippen LogP contribution is -2.29. The maximum Gasteiger partial charge on any atom is 0.129 e. The Morgan fingerprint density at radius 1 is 1.16 bits per heavy atom. The highest BCUT2D eigenvalue weighted by Crippen LogP contribution is 2.35. The van der Waals surface area contributed by atoms with Crippen molar-refractivity contribution in [2.24, 2.45) is 0 Å². The van der Waals surface area contributed by atoms with Crippen LogP contribution in [0.5, 0.6) is 0 Å². The Kier molecular flexibility index (Phi) is 4.23. The van der Waals surface area contributed by atoms with E-state index in [4.69, 9.17) is 11.6 Å². The highest BCUT2D eigenvalue weighted by molar-refractivity contribution is 6.17. The van der Waals surface area contributed by atoms with Crippen molar-refractivity contribution >= 4 is 11.6 Å². The predicted molar refractivity (Wildman–Crippen MR) is 75.9 cm³/mol. The maximum absolute atomic E-state index is 14.1. The van der Waals surface area contributed by atoms with Crippen molar-refractivity contribution in [3.8, 4) is 0 Å². The monoisotopic (exact) mass is 278 g/mol. The van der Waals surface area contributed by atoms with E-state index in [1.807, 2.05) is 25.1 Å². The molecule has 1 unspecified atom stereocenters. The van der Waals surface area contributed by atoms with Gasteiger partial charge in [0.05, 0.1) is 0 Å². The van der Waals surface area contributed by atoms with Crippen LogP contribution in [-0.4, -0.2) is 11.0 Å². The van der Waals surface area contributed by atoms with E-state index in [0.717, 1.165) is 5.56 Å². The van der Waals surface area contributed by atoms with Crippen LogP contribution in [0.15, 0.2) is 48.5 Å². The van der Waals surface area contributed by atoms with Crippen LogP contribution in [-0.2, 0) is 5.60 Å². The van der Waals surface area contributed by atoms with Gasteiger partial charge in [0.1, 0.15) is 11.4 Å². The molecule has 0 saturated carbocycles. The van der Waals surface area contributed by atoms with E-state index in [-0.39, 0.29) is 17.9 Å². The highest BCUT2D eigenvalue weighted by Gasteiger charge is 2.33. The van der Waals surface area contributed by atoms with E-state index >= 15 is 0 Å². The zero-order valence-corrected chi connectivity index (χ0v) is 11.5. The Balaban J connectivity index is 2.59. The summed E-state index contributed by atoms with van der Waals surface area (Å²) in [7, 11) is 0. The molecule has 0 heterocycles. The summed E-state index contributed by atoms with van der Waals surface area (Å²) in [6.07, 6.45) is 0.263. The summed E-state index contributed by atoms with van der Waals surface area (Å²) in [4.78, 5) is 0. The zero-order chi connectivity index (χ0) is 13.9. The molecule has 3 heteroatoms. The molecule has 0 aliphatic heterocycles. The lowest BCUT2D eigenvalue weighted by atomic mass is 9.83. The zero-order valence-electron chi connectivity index (χ0n) is 10.7. The number of rotatable bonds is 4. The van der Waals surface area contributed by atoms with Crippen molar-refractivity contribution in [3.63, 3.8) is 0 Å². The van der Waals surface area contributed by atoms with Crippen LogP contribution in [0.25, 0.3) is 0 Å². The van der Waals surface area contributed by atoms with Gasteiger partial charge in [0, 0.05) is 11.4 Å². The average molecular weight is 279 g/mol. The van der Waals surface area contributed by atoms with Crippen LogP contribution < -0.4 is 0 Å². The number of hydrogen-bond donors (Lipinski definition) is 1. The summed E-state index contributed by atoms with van der Waals surface area (Å²) in [6, 6.07) is 13.8. The molecule has 19 heavy (non-hydrogen) atoms. The number of benzene rings is 2. The summed E-state index contributed by atoms with van der Waals surface area (Å²) in [5, 5.41) is 10.9. The smallest absolute Gasteiger partial charge is 0.129 e. The van der Waals surface area contributed by atoms with E-state index in [0.29, 0.717) is 5.56 Å². The summed E-state index contributed by atoms with van der Waals surface area (Å²) >= 11 is 5.80. The lowest BCUT2D eigenvalue weighted by Gasteiger charge is -2.29. The molecule has 0 aliphatic rings. The molecule has 0 bridgehead atoms. The van der Waals surface area contributed by atoms with E-state index < -0.39 is 11.4 Å². The van der Waals surface area contributed by atoms with Gasteiger partial charge in [0.15, 0.2) is 0 Å². The molecule has 1 atom stereocenters. The fourth-order valence-electron chi connectivity index (χ4n) is 2.24. The van der Waals surface area contributed by atoms with E-state index in [9.17, 15) is 9.50 Å². The van der Waals surface area contributed by atoms with E-state index in [1.165, 1.54) is 6.07 Å². The molecule has 0 saturated heterocycles. The molecule has 0 spiro atoms. The van der Waals surface area contributed by atoms with Crippen molar-refractivity contribution < 1.29 is 9.50 Å². The molecule has 2 aromatic rings. The normalized spacial score (nSPS) is 14.1. The summed E-state index contributed by atoms with van der Waals surface area (Å²) < 4.78 is 14.1. The van der Waals surface area contributed by atoms with Crippen molar-refractivity contribution in [2.75, 3.05) is 5.88 Å². The fraction of sp³-hybridized carbons (Fsp3) is 0.250. The van der Waals surface area contributed by atoms with Crippen LogP contribution in [0.3, 0.4) is 0 Å². The third kappa shape index (κ3) is 2.80. The van der Waals surface area contributed by atoms with Crippen LogP contribution in [0.4, 0.5) is 4.39 Å². The molecule has 1 N–H and O–H groups in total. The maximum atomic E-state index is 14.1. The van der Waals surface area contributed by atoms with Crippen molar-refractivity contribution in [3.05, 3.63) is 71.0 Å². The Morgan fingerprint density at radius 3 is 2.47 bits per heavy atom. The third-order valence-corrected chi connectivity index (χ3v) is 3.46. The minimum Gasteiger partial charge on any atom is -0.380 e. The van der Waals surface area contributed by atoms with Crippen molar-refractivity contribution in [1.29, 1.82) is 0 Å². The molecule has 1 nitrogen and oxygen atoms in total. The van der Waals surface area contributed by atoms with Crippen LogP contribution in [0, 0.1) is 12.7 Å². The number of aliphatic hydroxyl groups is 1. The Morgan fingerprint density at radius 2 is 1.84 bits per heavy atom. The number of aryl methyl sites for hydroxylation is 1. The van der Waals surface area contributed by atoms with Crippen LogP contribution in [0.1, 0.15) is 23.1 Å². The first-order valence-corrected chi connectivity index (χ1v) is 6.72. The first-order valence-electron chi connectivity index (χ1n) is 6.18. The summed E-state index contributed by atoms with van der Waals surface area (Å²) in [5.41, 5.74) is 0.443. The van der Waals surface area contributed by atoms with Gasteiger partial charge in [0.2, 0.25) is 0 Å². The molecule has 100 valence electrons. The fourth-order valence-corrected chi connectivity index (χ4v) is 2.51. The third-order valence-electron chi connectivity index (χ3n) is 3.28. The second-order valence-corrected chi connectivity index (χ2v) is 5.03. The molecular weight excluding hydrogens is 263 g/mol. The molecule has 2 aromatic carbocycles. The Bertz CT molecular complexity index is 556. The predicted octanol–water partition coefficient (Wildman–Crippen LogP) is 4.00. The lowest BCUT2D eigenvalue weighted by molar-refractivity contribution is 0.0734. The van der Waals surface area contributed by atoms with Gasteiger partial charge in [-0.05, 0) is 31.0 Å². The molecular formula is C16H16ClFO. The van der Waals surface area contributed by atoms with E-state index in [2.05, 4.69) is 0 Å². The number of alkyl halides is 1. The van der Waals surface area contributed by atoms with Gasteiger partial charge in [-0.25, -0.2) is 4.39 Å². The van der Waals surface area contributed by atoms with E-state index in [1.54, 1.807) is 24.3 Å². The van der Waals surface area contributed by atoms with Crippen molar-refractivity contribution in [1.82, 2.24) is 0 Å². The van der Waals surface area contributed by atoms with Gasteiger partial charge in [-0.15, -0.1) is 11.6 Å². The van der Waals surface area contributed by atoms with Gasteiger partial charge in [-0.2, -0.15) is 0 Å². The largest absolute Gasteiger partial charge is 0.380 e. The van der Waals surface area contributed by atoms with Gasteiger partial charge < -0.3 is 5.11 Å². The Hall–Kier alpha value is -1.38. The SMILES string of the molecule is Cc1ccc(F)c(C(O)(CCCl)c2ccccc2)c1. The standard InChI is InChI=1S/C16H16ClFO/c1-12-7-8-15(18)14(11-12)16(19,9-10-17)13-5-3-2-4-6-13/h2-8,11,19H,9-10H2,1H3. The summed E-state index contributed by atoms with van der Waals surface area (Å²) in [6.45, 7) is 1.87. The number of hydrogen-bond acceptors (Lipinski definition) is 1. The summed E-state index contributed by atoms with van der Waals surface area (Å²) in [5.74, 6) is -0.166. The van der Waals surface area contributed by atoms with Gasteiger partial charge in [-0.3, -0.25) is 0 Å². The Labute approximate surface area is 117 Å². The quantitative estimate of drug-likeness (QED) is 0.838. The second kappa shape index (κ2) is 5.72. The molecule has 0 aliphatic carbocycles. The highest BCUT2D eigenvalue weighted by atomic mass is 35.5. The molecule has 2 rings (SSSR count). The average Bonchev–Trinajstić information content (AvgIpc) is 2.42. The van der Waals surface area contributed by atoms with Gasteiger partial charge in [-0.1, -0.05) is 42.0 Å². The van der Waals surface area contributed by atoms with Gasteiger partial charge in [0.25, 0.3) is 0 Å². The van der Waals surface area contributed by atoms with Gasteiger partial charge >= 0.3 is 0 Å².